The average Bonchev–Trinajstić information content (AvgIpc) is 3.10. The van der Waals surface area contributed by atoms with E-state index >= 15 is 0 Å². The molecule has 3 aliphatic carbocycles. The van der Waals surface area contributed by atoms with Crippen LogP contribution in [-0.2, 0) is 0 Å². The van der Waals surface area contributed by atoms with Crippen LogP contribution < -0.4 is 5.32 Å². The standard InChI is InChI=1S/C14H25N/c1-11-4-2-3-5-13(11)15-10-14(8-9-14)12-6-7-12/h11-13,15H,2-10H2,1H3. The first kappa shape index (κ1) is 10.1. The lowest BCUT2D eigenvalue weighted by atomic mass is 9.85. The van der Waals surface area contributed by atoms with Crippen LogP contribution in [0.25, 0.3) is 0 Å². The summed E-state index contributed by atoms with van der Waals surface area (Å²) in [5.41, 5.74) is 0.789. The molecule has 2 unspecified atom stereocenters. The average molecular weight is 207 g/mol. The Hall–Kier alpha value is -0.0400. The Labute approximate surface area is 94.0 Å². The highest BCUT2D eigenvalue weighted by molar-refractivity contribution is 5.05. The number of nitrogens with one attached hydrogen (secondary N) is 1. The van der Waals surface area contributed by atoms with Crippen LogP contribution in [0.15, 0.2) is 0 Å². The van der Waals surface area contributed by atoms with E-state index in [-0.39, 0.29) is 0 Å². The molecule has 0 spiro atoms. The van der Waals surface area contributed by atoms with Crippen LogP contribution in [0.3, 0.4) is 0 Å². The first-order chi connectivity index (χ1) is 7.30. The van der Waals surface area contributed by atoms with Crippen molar-refractivity contribution in [1.29, 1.82) is 0 Å². The van der Waals surface area contributed by atoms with E-state index in [2.05, 4.69) is 12.2 Å². The van der Waals surface area contributed by atoms with Crippen molar-refractivity contribution in [3.05, 3.63) is 0 Å². The molecule has 15 heavy (non-hydrogen) atoms. The SMILES string of the molecule is CC1CCCCC1NCC1(C2CC2)CC1. The van der Waals surface area contributed by atoms with Gasteiger partial charge in [-0.25, -0.2) is 0 Å². The molecule has 0 radical (unpaired) electrons. The summed E-state index contributed by atoms with van der Waals surface area (Å²) in [4.78, 5) is 0. The molecule has 86 valence electrons. The molecule has 0 heterocycles. The van der Waals surface area contributed by atoms with Gasteiger partial charge in [0.15, 0.2) is 0 Å². The van der Waals surface area contributed by atoms with Crippen molar-refractivity contribution in [3.63, 3.8) is 0 Å². The fourth-order valence-corrected chi connectivity index (χ4v) is 3.54. The molecule has 3 aliphatic rings. The van der Waals surface area contributed by atoms with Crippen molar-refractivity contribution >= 4 is 0 Å². The second kappa shape index (κ2) is 3.76. The molecule has 3 rings (SSSR count). The van der Waals surface area contributed by atoms with Crippen LogP contribution in [0.5, 0.6) is 0 Å². The van der Waals surface area contributed by atoms with Crippen molar-refractivity contribution in [3.8, 4) is 0 Å². The van der Waals surface area contributed by atoms with Crippen LogP contribution in [0.1, 0.15) is 58.3 Å². The van der Waals surface area contributed by atoms with E-state index in [4.69, 9.17) is 0 Å². The molecule has 0 bridgehead atoms. The van der Waals surface area contributed by atoms with Gasteiger partial charge in [0.25, 0.3) is 0 Å². The molecule has 3 saturated carbocycles. The number of hydrogen-bond acceptors (Lipinski definition) is 1. The highest BCUT2D eigenvalue weighted by atomic mass is 14.9. The third-order valence-electron chi connectivity index (χ3n) is 5.16. The summed E-state index contributed by atoms with van der Waals surface area (Å²) >= 11 is 0. The van der Waals surface area contributed by atoms with Gasteiger partial charge in [-0.2, -0.15) is 0 Å². The minimum Gasteiger partial charge on any atom is -0.313 e. The van der Waals surface area contributed by atoms with Crippen molar-refractivity contribution < 1.29 is 0 Å². The van der Waals surface area contributed by atoms with Gasteiger partial charge >= 0.3 is 0 Å². The molecule has 2 atom stereocenters. The van der Waals surface area contributed by atoms with Crippen molar-refractivity contribution in [2.75, 3.05) is 6.54 Å². The lowest BCUT2D eigenvalue weighted by Crippen LogP contribution is -2.40. The normalized spacial score (nSPS) is 39.0. The predicted octanol–water partition coefficient (Wildman–Crippen LogP) is 3.34. The van der Waals surface area contributed by atoms with Gasteiger partial charge in [0.2, 0.25) is 0 Å². The Bertz CT molecular complexity index is 227. The monoisotopic (exact) mass is 207 g/mol. The summed E-state index contributed by atoms with van der Waals surface area (Å²) in [6.07, 6.45) is 11.9. The van der Waals surface area contributed by atoms with Gasteiger partial charge < -0.3 is 5.32 Å². The second-order valence-electron chi connectivity index (χ2n) is 6.39. The predicted molar refractivity (Wildman–Crippen MR) is 63.8 cm³/mol. The lowest BCUT2D eigenvalue weighted by Gasteiger charge is -2.31. The fraction of sp³-hybridized carbons (Fsp3) is 1.00. The van der Waals surface area contributed by atoms with Crippen LogP contribution >= 0.6 is 0 Å². The summed E-state index contributed by atoms with van der Waals surface area (Å²) in [5.74, 6) is 2.04. The summed E-state index contributed by atoms with van der Waals surface area (Å²) < 4.78 is 0. The first-order valence-corrected chi connectivity index (χ1v) is 7.04. The van der Waals surface area contributed by atoms with E-state index in [9.17, 15) is 0 Å². The maximum absolute atomic E-state index is 3.90. The smallest absolute Gasteiger partial charge is 0.00929 e. The van der Waals surface area contributed by atoms with Gasteiger partial charge in [-0.1, -0.05) is 19.8 Å². The van der Waals surface area contributed by atoms with Crippen molar-refractivity contribution in [1.82, 2.24) is 5.32 Å². The summed E-state index contributed by atoms with van der Waals surface area (Å²) in [5, 5.41) is 3.90. The molecule has 0 aliphatic heterocycles. The van der Waals surface area contributed by atoms with Gasteiger partial charge in [0.1, 0.15) is 0 Å². The van der Waals surface area contributed by atoms with E-state index in [1.54, 1.807) is 0 Å². The Balaban J connectivity index is 1.48. The molecular weight excluding hydrogens is 182 g/mol. The Kier molecular flexibility index (Phi) is 2.54. The highest BCUT2D eigenvalue weighted by Crippen LogP contribution is 2.60. The van der Waals surface area contributed by atoms with Gasteiger partial charge in [0.05, 0.1) is 0 Å². The third kappa shape index (κ3) is 2.08. The summed E-state index contributed by atoms with van der Waals surface area (Å²) in [7, 11) is 0. The largest absolute Gasteiger partial charge is 0.313 e. The van der Waals surface area contributed by atoms with Gasteiger partial charge in [-0.3, -0.25) is 0 Å². The maximum atomic E-state index is 3.90. The molecule has 0 amide bonds. The van der Waals surface area contributed by atoms with Crippen LogP contribution in [0, 0.1) is 17.3 Å². The van der Waals surface area contributed by atoms with E-state index in [1.807, 2.05) is 0 Å². The van der Waals surface area contributed by atoms with Gasteiger partial charge in [0, 0.05) is 12.6 Å². The maximum Gasteiger partial charge on any atom is 0.00929 e. The van der Waals surface area contributed by atoms with E-state index in [1.165, 1.54) is 57.9 Å². The van der Waals surface area contributed by atoms with Crippen molar-refractivity contribution in [2.45, 2.75) is 64.3 Å². The zero-order chi connectivity index (χ0) is 10.3. The summed E-state index contributed by atoms with van der Waals surface area (Å²) in [6, 6.07) is 0.843. The van der Waals surface area contributed by atoms with E-state index < -0.39 is 0 Å². The quantitative estimate of drug-likeness (QED) is 0.745. The number of hydrogen-bond donors (Lipinski definition) is 1. The van der Waals surface area contributed by atoms with Crippen LogP contribution in [-0.4, -0.2) is 12.6 Å². The molecule has 0 aromatic rings. The van der Waals surface area contributed by atoms with E-state index in [0.717, 1.165) is 23.3 Å². The zero-order valence-corrected chi connectivity index (χ0v) is 10.1. The van der Waals surface area contributed by atoms with Crippen LogP contribution in [0.2, 0.25) is 0 Å². The third-order valence-corrected chi connectivity index (χ3v) is 5.16. The molecule has 1 heteroatoms. The summed E-state index contributed by atoms with van der Waals surface area (Å²) in [6.45, 7) is 3.78. The molecule has 3 fully saturated rings. The fourth-order valence-electron chi connectivity index (χ4n) is 3.54. The number of rotatable bonds is 4. The Morgan fingerprint density at radius 1 is 1.07 bits per heavy atom. The molecule has 1 nitrogen and oxygen atoms in total. The Morgan fingerprint density at radius 3 is 2.40 bits per heavy atom. The van der Waals surface area contributed by atoms with Gasteiger partial charge in [-0.15, -0.1) is 0 Å². The Morgan fingerprint density at radius 2 is 1.80 bits per heavy atom. The van der Waals surface area contributed by atoms with E-state index in [0.29, 0.717) is 0 Å². The topological polar surface area (TPSA) is 12.0 Å². The minimum absolute atomic E-state index is 0.789. The molecule has 0 aromatic carbocycles. The minimum atomic E-state index is 0.789. The lowest BCUT2D eigenvalue weighted by molar-refractivity contribution is 0.256. The van der Waals surface area contributed by atoms with Crippen LogP contribution in [0.4, 0.5) is 0 Å². The zero-order valence-electron chi connectivity index (χ0n) is 10.1. The second-order valence-corrected chi connectivity index (χ2v) is 6.39. The first-order valence-electron chi connectivity index (χ1n) is 7.04. The van der Waals surface area contributed by atoms with Crippen molar-refractivity contribution in [2.24, 2.45) is 17.3 Å². The molecule has 0 saturated heterocycles. The molecule has 1 N–H and O–H groups in total. The molecular formula is C14H25N. The molecule has 0 aromatic heterocycles. The van der Waals surface area contributed by atoms with Gasteiger partial charge in [-0.05, 0) is 55.8 Å². The highest BCUT2D eigenvalue weighted by Gasteiger charge is 2.53.